The molecule has 0 amide bonds. The van der Waals surface area contributed by atoms with E-state index >= 15 is 0 Å². The molecule has 0 spiro atoms. The second-order valence-corrected chi connectivity index (χ2v) is 4.68. The molecule has 0 saturated heterocycles. The topological polar surface area (TPSA) is 181 Å². The van der Waals surface area contributed by atoms with Gasteiger partial charge in [-0.2, -0.15) is 0 Å². The summed E-state index contributed by atoms with van der Waals surface area (Å²) in [5, 5.41) is 0. The quantitative estimate of drug-likeness (QED) is 0.477. The molecule has 0 fully saturated rings. The van der Waals surface area contributed by atoms with Crippen LogP contribution in [-0.4, -0.2) is 57.0 Å². The molecule has 0 heterocycles. The first-order chi connectivity index (χ1) is 3.71. The van der Waals surface area contributed by atoms with E-state index in [0.717, 1.165) is 0 Å². The molecule has 2 radical (unpaired) electrons. The molecule has 0 aliphatic heterocycles. The van der Waals surface area contributed by atoms with E-state index in [4.69, 9.17) is 8.32 Å². The molecular weight excluding hydrogens is 262 g/mol. The normalized spacial score (nSPS) is 9.38. The third kappa shape index (κ3) is 31.9. The Morgan fingerprint density at radius 2 is 0.923 bits per heavy atom. The van der Waals surface area contributed by atoms with Gasteiger partial charge in [-0.15, -0.1) is 0 Å². The molecule has 0 atom stereocenters. The fourth-order valence-electron chi connectivity index (χ4n) is 0.109. The van der Waals surface area contributed by atoms with Crippen molar-refractivity contribution in [2.75, 3.05) is 0 Å². The molecule has 0 aromatic heterocycles. The van der Waals surface area contributed by atoms with Gasteiger partial charge in [0, 0.05) is 37.7 Å². The van der Waals surface area contributed by atoms with Gasteiger partial charge in [0.2, 0.25) is 0 Å². The average molecular weight is 268 g/mol. The van der Waals surface area contributed by atoms with Gasteiger partial charge in [-0.3, -0.25) is 0 Å². The van der Waals surface area contributed by atoms with E-state index in [0.29, 0.717) is 0 Å². The molecule has 0 unspecified atom stereocenters. The Morgan fingerprint density at radius 1 is 0.769 bits per heavy atom. The summed E-state index contributed by atoms with van der Waals surface area (Å²) in [6, 6.07) is 0. The van der Waals surface area contributed by atoms with Crippen LogP contribution >= 0.6 is 0 Å². The van der Waals surface area contributed by atoms with Gasteiger partial charge in [0.15, 0.2) is 0 Å². The van der Waals surface area contributed by atoms with E-state index in [1.54, 1.807) is 0 Å². The zero-order chi connectivity index (χ0) is 7.71. The van der Waals surface area contributed by atoms with Crippen LogP contribution in [0.25, 0.3) is 0 Å². The summed E-state index contributed by atoms with van der Waals surface area (Å²) in [5.74, 6) is 0. The molecule has 0 bridgehead atoms. The Hall–Kier alpha value is 1.26. The third-order valence-electron chi connectivity index (χ3n) is 0.172. The molecule has 0 saturated carbocycles. The molecule has 9 nitrogen and oxygen atoms in total. The average Bonchev–Trinajstić information content (AvgIpc) is 1.14. The summed E-state index contributed by atoms with van der Waals surface area (Å²) < 4.78 is 56.3. The Kier molecular flexibility index (Phi) is 22.0. The Bertz CT molecular complexity index is 241. The predicted molar refractivity (Wildman–Crippen MR) is 27.0 cm³/mol. The van der Waals surface area contributed by atoms with E-state index in [9.17, 15) is 15.2 Å². The van der Waals surface area contributed by atoms with E-state index in [-0.39, 0.29) is 48.7 Å². The van der Waals surface area contributed by atoms with Gasteiger partial charge in [-0.1, -0.05) is 0 Å². The molecule has 13 heteroatoms. The van der Waals surface area contributed by atoms with Gasteiger partial charge in [-0.25, -0.2) is 0 Å². The fourth-order valence-corrected chi connectivity index (χ4v) is 1.85. The van der Waals surface area contributed by atoms with Crippen molar-refractivity contribution in [3.63, 3.8) is 0 Å². The zero-order valence-electron chi connectivity index (χ0n) is 6.75. The second-order valence-electron chi connectivity index (χ2n) is 0.924. The molecule has 0 aliphatic carbocycles. The van der Waals surface area contributed by atoms with Crippen molar-refractivity contribution in [2.24, 2.45) is 0 Å². The summed E-state index contributed by atoms with van der Waals surface area (Å²) in [6.45, 7) is 0. The van der Waals surface area contributed by atoms with Crippen LogP contribution in [0.2, 0.25) is 0 Å². The van der Waals surface area contributed by atoms with Crippen LogP contribution in [-0.2, 0) is 45.3 Å². The van der Waals surface area contributed by atoms with Crippen LogP contribution in [0, 0.1) is 0 Å². The van der Waals surface area contributed by atoms with Gasteiger partial charge in [0.05, 0.1) is 0 Å². The summed E-state index contributed by atoms with van der Waals surface area (Å²) in [4.78, 5) is 0. The SMILES string of the molecule is O.O.[Li].[Li].[O]=[Cr](=[O])([OH])[O][Cr](=[O])(=[O])[OH]. The van der Waals surface area contributed by atoms with Crippen molar-refractivity contribution >= 4 is 37.7 Å². The molecule has 13 heavy (non-hydrogen) atoms. The first-order valence-electron chi connectivity index (χ1n) is 1.37. The molecule has 0 aliphatic rings. The maximum atomic E-state index is 9.53. The van der Waals surface area contributed by atoms with Crippen LogP contribution in [0.5, 0.6) is 0 Å². The third-order valence-corrected chi connectivity index (χ3v) is 2.92. The van der Waals surface area contributed by atoms with Gasteiger partial charge < -0.3 is 11.0 Å². The minimum atomic E-state index is -5.76. The van der Waals surface area contributed by atoms with E-state index < -0.39 is 27.2 Å². The standard InChI is InChI=1S/2Cr.2Li.4H2O.5O/h;;;;4*1H2;;;;;/q2*+1;;;;;;;;;;;/p-2. The van der Waals surface area contributed by atoms with Gasteiger partial charge in [-0.05, 0) is 0 Å². The van der Waals surface area contributed by atoms with Crippen LogP contribution < -0.4 is 0 Å². The Morgan fingerprint density at radius 3 is 0.923 bits per heavy atom. The predicted octanol–water partition coefficient (Wildman–Crippen LogP) is -4.07. The monoisotopic (exact) mass is 268 g/mol. The van der Waals surface area contributed by atoms with Gasteiger partial charge >= 0.3 is 53.6 Å². The van der Waals surface area contributed by atoms with E-state index in [2.05, 4.69) is 2.84 Å². The first-order valence-corrected chi connectivity index (χ1v) is 5.63. The zero-order valence-corrected chi connectivity index (χ0v) is 9.30. The molecule has 0 rings (SSSR count). The number of hydrogen-bond acceptors (Lipinski definition) is 5. The van der Waals surface area contributed by atoms with Crippen LogP contribution in [0.1, 0.15) is 0 Å². The van der Waals surface area contributed by atoms with Crippen molar-refractivity contribution in [1.29, 1.82) is 0 Å². The van der Waals surface area contributed by atoms with Crippen LogP contribution in [0.3, 0.4) is 0 Å². The van der Waals surface area contributed by atoms with E-state index in [1.165, 1.54) is 0 Å². The minimum absolute atomic E-state index is 0. The van der Waals surface area contributed by atoms with Crippen molar-refractivity contribution < 1.29 is 64.5 Å². The Balaban J connectivity index is -0.0000000533. The molecule has 0 aromatic carbocycles. The maximum absolute atomic E-state index is 9.53. The Labute approximate surface area is 102 Å². The van der Waals surface area contributed by atoms with Gasteiger partial charge in [0.1, 0.15) is 0 Å². The first kappa shape index (κ1) is 29.2. The van der Waals surface area contributed by atoms with Crippen molar-refractivity contribution in [2.45, 2.75) is 0 Å². The number of hydrogen-bond donors (Lipinski definition) is 2. The molecule has 74 valence electrons. The summed E-state index contributed by atoms with van der Waals surface area (Å²) >= 11 is -11.5. The van der Waals surface area contributed by atoms with Crippen LogP contribution in [0.15, 0.2) is 0 Å². The summed E-state index contributed by atoms with van der Waals surface area (Å²) in [7, 11) is 0. The van der Waals surface area contributed by atoms with Crippen molar-refractivity contribution in [1.82, 2.24) is 0 Å². The molecular formula is H6Cr2Li2O9. The molecule has 0 aromatic rings. The number of rotatable bonds is 2. The summed E-state index contributed by atoms with van der Waals surface area (Å²) in [6.07, 6.45) is 0. The fraction of sp³-hybridized carbons (Fsp3) is 0. The van der Waals surface area contributed by atoms with Crippen LogP contribution in [0.4, 0.5) is 0 Å². The second kappa shape index (κ2) is 9.80. The summed E-state index contributed by atoms with van der Waals surface area (Å²) in [5.41, 5.74) is 0. The van der Waals surface area contributed by atoms with Crippen molar-refractivity contribution in [3.8, 4) is 0 Å². The van der Waals surface area contributed by atoms with E-state index in [1.807, 2.05) is 0 Å². The van der Waals surface area contributed by atoms with Gasteiger partial charge in [0.25, 0.3) is 0 Å². The molecule has 6 N–H and O–H groups in total. The van der Waals surface area contributed by atoms with Crippen molar-refractivity contribution in [3.05, 3.63) is 0 Å².